The van der Waals surface area contributed by atoms with Crippen molar-refractivity contribution >= 4 is 40.9 Å². The molecule has 1 saturated heterocycles. The summed E-state index contributed by atoms with van der Waals surface area (Å²) in [5, 5.41) is 11.7. The van der Waals surface area contributed by atoms with E-state index in [1.165, 1.54) is 7.11 Å². The van der Waals surface area contributed by atoms with Gasteiger partial charge in [0.05, 0.1) is 25.4 Å². The van der Waals surface area contributed by atoms with Gasteiger partial charge in [0.25, 0.3) is 0 Å². The molecule has 2 heterocycles. The quantitative estimate of drug-likeness (QED) is 0.401. The van der Waals surface area contributed by atoms with Crippen LogP contribution < -0.4 is 5.32 Å². The van der Waals surface area contributed by atoms with E-state index in [2.05, 4.69) is 20.5 Å². The van der Waals surface area contributed by atoms with E-state index in [4.69, 9.17) is 16.3 Å². The SMILES string of the molecule is COC(=O)c1cn([C@@H]2C[C@@H](C(=O)Nc3cccc(SC)c3)N(Cc3cccc(Cl)c3)C2)nn1. The van der Waals surface area contributed by atoms with Crippen molar-refractivity contribution in [2.45, 2.75) is 29.9 Å². The Kier molecular flexibility index (Phi) is 7.32. The molecule has 1 aliphatic heterocycles. The average Bonchev–Trinajstić information content (AvgIpc) is 3.46. The summed E-state index contributed by atoms with van der Waals surface area (Å²) in [4.78, 5) is 28.3. The lowest BCUT2D eigenvalue weighted by Gasteiger charge is -2.23. The Morgan fingerprint density at radius 3 is 2.82 bits per heavy atom. The van der Waals surface area contributed by atoms with E-state index >= 15 is 0 Å². The molecule has 0 unspecified atom stereocenters. The Balaban J connectivity index is 1.56. The molecule has 3 aromatic rings. The number of amides is 1. The molecular formula is C23H24ClN5O3S. The molecule has 2 aromatic carbocycles. The summed E-state index contributed by atoms with van der Waals surface area (Å²) in [6, 6.07) is 14.9. The molecule has 8 nitrogen and oxygen atoms in total. The van der Waals surface area contributed by atoms with Crippen LogP contribution in [0, 0.1) is 0 Å². The van der Waals surface area contributed by atoms with Crippen LogP contribution in [0.15, 0.2) is 59.6 Å². The third kappa shape index (κ3) is 5.55. The lowest BCUT2D eigenvalue weighted by Crippen LogP contribution is -2.39. The Morgan fingerprint density at radius 1 is 1.24 bits per heavy atom. The van der Waals surface area contributed by atoms with Crippen molar-refractivity contribution in [1.82, 2.24) is 19.9 Å². The third-order valence-corrected chi connectivity index (χ3v) is 6.54. The summed E-state index contributed by atoms with van der Waals surface area (Å²) < 4.78 is 6.36. The predicted molar refractivity (Wildman–Crippen MR) is 128 cm³/mol. The molecule has 172 valence electrons. The van der Waals surface area contributed by atoms with Gasteiger partial charge in [0.2, 0.25) is 5.91 Å². The first kappa shape index (κ1) is 23.3. The highest BCUT2D eigenvalue weighted by Crippen LogP contribution is 2.30. The van der Waals surface area contributed by atoms with Gasteiger partial charge in [0, 0.05) is 28.7 Å². The van der Waals surface area contributed by atoms with E-state index in [0.717, 1.165) is 16.1 Å². The first-order valence-electron chi connectivity index (χ1n) is 10.4. The maximum Gasteiger partial charge on any atom is 0.360 e. The smallest absolute Gasteiger partial charge is 0.360 e. The van der Waals surface area contributed by atoms with Crippen LogP contribution in [0.5, 0.6) is 0 Å². The molecule has 10 heteroatoms. The number of nitrogens with one attached hydrogen (secondary N) is 1. The van der Waals surface area contributed by atoms with Gasteiger partial charge < -0.3 is 10.1 Å². The van der Waals surface area contributed by atoms with Gasteiger partial charge in [-0.05, 0) is 48.6 Å². The summed E-state index contributed by atoms with van der Waals surface area (Å²) in [6.45, 7) is 1.12. The highest BCUT2D eigenvalue weighted by atomic mass is 35.5. The highest BCUT2D eigenvalue weighted by molar-refractivity contribution is 7.98. The van der Waals surface area contributed by atoms with Gasteiger partial charge in [-0.15, -0.1) is 16.9 Å². The number of nitrogens with zero attached hydrogens (tertiary/aromatic N) is 4. The standard InChI is InChI=1S/C23H24ClN5O3S/c1-32-23(31)20-14-29(27-26-20)18-11-21(22(30)25-17-7-4-8-19(10-17)33-2)28(13-18)12-15-5-3-6-16(24)9-15/h3-10,14,18,21H,11-13H2,1-2H3,(H,25,30)/t18-,21+/m1/s1. The number of likely N-dealkylation sites (tertiary alicyclic amines) is 1. The van der Waals surface area contributed by atoms with Crippen molar-refractivity contribution in [3.63, 3.8) is 0 Å². The summed E-state index contributed by atoms with van der Waals surface area (Å²) in [5.74, 6) is -0.635. The molecule has 0 saturated carbocycles. The van der Waals surface area contributed by atoms with Gasteiger partial charge in [-0.1, -0.05) is 35.0 Å². The molecule has 0 radical (unpaired) electrons. The van der Waals surface area contributed by atoms with Gasteiger partial charge in [0.15, 0.2) is 5.69 Å². The normalized spacial score (nSPS) is 18.3. The zero-order chi connectivity index (χ0) is 23.4. The maximum absolute atomic E-state index is 13.3. The monoisotopic (exact) mass is 485 g/mol. The number of rotatable bonds is 7. The Morgan fingerprint density at radius 2 is 2.06 bits per heavy atom. The van der Waals surface area contributed by atoms with Gasteiger partial charge in [-0.2, -0.15) is 0 Å². The Bertz CT molecular complexity index is 1150. The number of carbonyl (C=O) groups excluding carboxylic acids is 2. The summed E-state index contributed by atoms with van der Waals surface area (Å²) in [7, 11) is 1.30. The van der Waals surface area contributed by atoms with E-state index in [0.29, 0.717) is 24.5 Å². The van der Waals surface area contributed by atoms with Gasteiger partial charge in [-0.3, -0.25) is 9.69 Å². The van der Waals surface area contributed by atoms with Crippen LogP contribution in [0.4, 0.5) is 5.69 Å². The molecule has 2 atom stereocenters. The van der Waals surface area contributed by atoms with Gasteiger partial charge >= 0.3 is 5.97 Å². The number of anilines is 1. The Labute approximate surface area is 201 Å². The van der Waals surface area contributed by atoms with E-state index in [1.54, 1.807) is 22.6 Å². The maximum atomic E-state index is 13.3. The van der Waals surface area contributed by atoms with E-state index in [9.17, 15) is 9.59 Å². The minimum atomic E-state index is -0.544. The largest absolute Gasteiger partial charge is 0.464 e. The zero-order valence-electron chi connectivity index (χ0n) is 18.3. The van der Waals surface area contributed by atoms with Crippen LogP contribution >= 0.6 is 23.4 Å². The van der Waals surface area contributed by atoms with Crippen molar-refractivity contribution in [1.29, 1.82) is 0 Å². The molecule has 0 spiro atoms. The number of benzene rings is 2. The minimum Gasteiger partial charge on any atom is -0.464 e. The number of halogens is 1. The average molecular weight is 486 g/mol. The van der Waals surface area contributed by atoms with E-state index < -0.39 is 12.0 Å². The summed E-state index contributed by atoms with van der Waals surface area (Å²) >= 11 is 7.79. The number of carbonyl (C=O) groups is 2. The number of aromatic nitrogens is 3. The molecule has 1 aliphatic rings. The van der Waals surface area contributed by atoms with Gasteiger partial charge in [-0.25, -0.2) is 9.48 Å². The molecule has 0 bridgehead atoms. The number of thioether (sulfide) groups is 1. The molecule has 33 heavy (non-hydrogen) atoms. The minimum absolute atomic E-state index is 0.0916. The molecule has 4 rings (SSSR count). The summed E-state index contributed by atoms with van der Waals surface area (Å²) in [5.41, 5.74) is 1.91. The Hall–Kier alpha value is -2.88. The lowest BCUT2D eigenvalue weighted by molar-refractivity contribution is -0.120. The molecule has 1 N–H and O–H groups in total. The van der Waals surface area contributed by atoms with E-state index in [1.807, 2.05) is 54.8 Å². The van der Waals surface area contributed by atoms with Crippen LogP contribution in [-0.2, 0) is 16.1 Å². The fourth-order valence-electron chi connectivity index (χ4n) is 3.97. The highest BCUT2D eigenvalue weighted by Gasteiger charge is 2.38. The van der Waals surface area contributed by atoms with Crippen molar-refractivity contribution in [2.24, 2.45) is 0 Å². The van der Waals surface area contributed by atoms with Crippen molar-refractivity contribution in [3.05, 3.63) is 71.0 Å². The van der Waals surface area contributed by atoms with E-state index in [-0.39, 0.29) is 17.6 Å². The topological polar surface area (TPSA) is 89.4 Å². The van der Waals surface area contributed by atoms with Crippen LogP contribution in [0.3, 0.4) is 0 Å². The second kappa shape index (κ2) is 10.4. The molecular weight excluding hydrogens is 462 g/mol. The van der Waals surface area contributed by atoms with Crippen LogP contribution in [0.1, 0.15) is 28.5 Å². The fourth-order valence-corrected chi connectivity index (χ4v) is 4.64. The van der Waals surface area contributed by atoms with Crippen molar-refractivity contribution in [2.75, 3.05) is 25.2 Å². The number of hydrogen-bond donors (Lipinski definition) is 1. The van der Waals surface area contributed by atoms with Crippen LogP contribution in [-0.4, -0.2) is 57.7 Å². The zero-order valence-corrected chi connectivity index (χ0v) is 19.8. The number of methoxy groups -OCH3 is 1. The first-order valence-corrected chi connectivity index (χ1v) is 12.0. The lowest BCUT2D eigenvalue weighted by atomic mass is 10.1. The summed E-state index contributed by atoms with van der Waals surface area (Å²) in [6.07, 6.45) is 4.09. The van der Waals surface area contributed by atoms with Crippen molar-refractivity contribution < 1.29 is 14.3 Å². The van der Waals surface area contributed by atoms with Gasteiger partial charge in [0.1, 0.15) is 0 Å². The number of ether oxygens (including phenoxy) is 1. The predicted octanol–water partition coefficient (Wildman–Crippen LogP) is 3.89. The second-order valence-corrected chi connectivity index (χ2v) is 9.08. The fraction of sp³-hybridized carbons (Fsp3) is 0.304. The van der Waals surface area contributed by atoms with Crippen molar-refractivity contribution in [3.8, 4) is 0 Å². The third-order valence-electron chi connectivity index (χ3n) is 5.57. The number of hydrogen-bond acceptors (Lipinski definition) is 7. The molecule has 0 aliphatic carbocycles. The molecule has 1 aromatic heterocycles. The molecule has 1 fully saturated rings. The molecule has 1 amide bonds. The first-order chi connectivity index (χ1) is 16.0. The van der Waals surface area contributed by atoms with Crippen LogP contribution in [0.2, 0.25) is 5.02 Å². The van der Waals surface area contributed by atoms with Crippen LogP contribution in [0.25, 0.3) is 0 Å². The number of esters is 1. The second-order valence-electron chi connectivity index (χ2n) is 7.76.